The molecule has 2 bridgehead atoms. The maximum absolute atomic E-state index is 13.5. The molecule has 21 heavy (non-hydrogen) atoms. The molecule has 4 atom stereocenters. The van der Waals surface area contributed by atoms with Gasteiger partial charge in [0.25, 0.3) is 0 Å². The van der Waals surface area contributed by atoms with Crippen LogP contribution in [0.5, 0.6) is 0 Å². The maximum atomic E-state index is 13.5. The molecule has 4 rings (SSSR count). The number of allylic oxidation sites excluding steroid dienone is 1. The Kier molecular flexibility index (Phi) is 2.80. The molecule has 2 aliphatic heterocycles. The minimum absolute atomic E-state index is 0.00767. The van der Waals surface area contributed by atoms with E-state index in [1.807, 2.05) is 6.08 Å². The Morgan fingerprint density at radius 2 is 1.81 bits per heavy atom. The van der Waals surface area contributed by atoms with Crippen LogP contribution in [-0.2, 0) is 9.53 Å². The number of halogens is 2. The van der Waals surface area contributed by atoms with Crippen LogP contribution in [-0.4, -0.2) is 5.78 Å². The van der Waals surface area contributed by atoms with E-state index < -0.39 is 17.7 Å². The summed E-state index contributed by atoms with van der Waals surface area (Å²) in [6.07, 6.45) is 4.13. The molecule has 3 aliphatic rings. The number of unbranched alkanes of at least 4 members (excludes halogenated alkanes) is 1. The molecule has 0 N–H and O–H groups in total. The molecule has 0 radical (unpaired) electrons. The Balaban J connectivity index is 1.71. The summed E-state index contributed by atoms with van der Waals surface area (Å²) in [5, 5.41) is 0. The molecule has 1 fully saturated rings. The maximum Gasteiger partial charge on any atom is 0.165 e. The van der Waals surface area contributed by atoms with Crippen molar-refractivity contribution in [1.82, 2.24) is 0 Å². The third-order valence-electron chi connectivity index (χ3n) is 4.94. The lowest BCUT2D eigenvalue weighted by atomic mass is 9.77. The molecule has 4 heteroatoms. The zero-order valence-electron chi connectivity index (χ0n) is 11.7. The van der Waals surface area contributed by atoms with Crippen LogP contribution in [0.3, 0.4) is 0 Å². The van der Waals surface area contributed by atoms with E-state index in [0.717, 1.165) is 24.8 Å². The van der Waals surface area contributed by atoms with Gasteiger partial charge in [-0.2, -0.15) is 0 Å². The second-order valence-electron chi connectivity index (χ2n) is 6.14. The van der Waals surface area contributed by atoms with Gasteiger partial charge >= 0.3 is 0 Å². The number of Topliss-reactive ketones (excluding diaryl/α,β-unsaturated/α-hetero) is 1. The van der Waals surface area contributed by atoms with E-state index in [-0.39, 0.29) is 23.7 Å². The molecule has 0 amide bonds. The predicted molar refractivity (Wildman–Crippen MR) is 72.5 cm³/mol. The number of fused-ring (bicyclic) bond motifs is 8. The largest absolute Gasteiger partial charge is 0.364 e. The predicted octanol–water partition coefficient (Wildman–Crippen LogP) is 4.02. The SMILES string of the molecule is CCCCC1=C[C@@H]2[C@H](C1=O)[C@@H]1O[C@H]2c2cc(F)c(F)cc21. The van der Waals surface area contributed by atoms with Crippen molar-refractivity contribution in [3.05, 3.63) is 46.5 Å². The highest BCUT2D eigenvalue weighted by Gasteiger charge is 2.57. The smallest absolute Gasteiger partial charge is 0.165 e. The molecule has 1 aliphatic carbocycles. The van der Waals surface area contributed by atoms with E-state index in [4.69, 9.17) is 4.74 Å². The average molecular weight is 290 g/mol. The number of carbonyl (C=O) groups excluding carboxylic acids is 1. The summed E-state index contributed by atoms with van der Waals surface area (Å²) >= 11 is 0. The van der Waals surface area contributed by atoms with Crippen molar-refractivity contribution in [2.24, 2.45) is 11.8 Å². The van der Waals surface area contributed by atoms with Crippen LogP contribution in [0, 0.1) is 23.5 Å². The average Bonchev–Trinajstić information content (AvgIpc) is 3.08. The Morgan fingerprint density at radius 3 is 2.48 bits per heavy atom. The van der Waals surface area contributed by atoms with Crippen LogP contribution in [0.25, 0.3) is 0 Å². The number of hydrogen-bond acceptors (Lipinski definition) is 2. The lowest BCUT2D eigenvalue weighted by Crippen LogP contribution is -2.23. The van der Waals surface area contributed by atoms with Crippen molar-refractivity contribution < 1.29 is 18.3 Å². The summed E-state index contributed by atoms with van der Waals surface area (Å²) < 4.78 is 32.7. The van der Waals surface area contributed by atoms with Gasteiger partial charge in [-0.3, -0.25) is 4.79 Å². The Labute approximate surface area is 121 Å². The van der Waals surface area contributed by atoms with Crippen molar-refractivity contribution in [2.75, 3.05) is 0 Å². The van der Waals surface area contributed by atoms with Gasteiger partial charge in [0.15, 0.2) is 17.4 Å². The van der Waals surface area contributed by atoms with Crippen molar-refractivity contribution in [3.63, 3.8) is 0 Å². The summed E-state index contributed by atoms with van der Waals surface area (Å²) in [6, 6.07) is 2.43. The monoisotopic (exact) mass is 290 g/mol. The number of ether oxygens (including phenoxy) is 1. The van der Waals surface area contributed by atoms with Crippen molar-refractivity contribution in [1.29, 1.82) is 0 Å². The van der Waals surface area contributed by atoms with Gasteiger partial charge in [0.1, 0.15) is 0 Å². The number of ketones is 1. The van der Waals surface area contributed by atoms with Crippen LogP contribution in [0.2, 0.25) is 0 Å². The highest BCUT2D eigenvalue weighted by Crippen LogP contribution is 2.61. The summed E-state index contributed by atoms with van der Waals surface area (Å²) in [4.78, 5) is 12.5. The summed E-state index contributed by atoms with van der Waals surface area (Å²) in [7, 11) is 0. The minimum atomic E-state index is -0.869. The zero-order valence-corrected chi connectivity index (χ0v) is 11.7. The number of carbonyl (C=O) groups is 1. The topological polar surface area (TPSA) is 26.3 Å². The fourth-order valence-corrected chi connectivity index (χ4v) is 3.95. The lowest BCUT2D eigenvalue weighted by molar-refractivity contribution is -0.120. The zero-order chi connectivity index (χ0) is 14.7. The van der Waals surface area contributed by atoms with E-state index in [0.29, 0.717) is 11.1 Å². The van der Waals surface area contributed by atoms with Gasteiger partial charge in [-0.15, -0.1) is 0 Å². The van der Waals surface area contributed by atoms with Crippen molar-refractivity contribution >= 4 is 5.78 Å². The van der Waals surface area contributed by atoms with E-state index >= 15 is 0 Å². The number of rotatable bonds is 3. The molecular formula is C17H16F2O2. The Hall–Kier alpha value is -1.55. The molecular weight excluding hydrogens is 274 g/mol. The van der Waals surface area contributed by atoms with Gasteiger partial charge in [0.2, 0.25) is 0 Å². The quantitative estimate of drug-likeness (QED) is 0.840. The van der Waals surface area contributed by atoms with Crippen LogP contribution in [0.15, 0.2) is 23.8 Å². The first-order valence-corrected chi connectivity index (χ1v) is 7.51. The molecule has 1 saturated heterocycles. The van der Waals surface area contributed by atoms with Gasteiger partial charge in [0, 0.05) is 5.92 Å². The van der Waals surface area contributed by atoms with E-state index in [1.165, 1.54) is 12.1 Å². The normalized spacial score (nSPS) is 32.3. The molecule has 110 valence electrons. The van der Waals surface area contributed by atoms with Gasteiger partial charge < -0.3 is 4.74 Å². The van der Waals surface area contributed by atoms with Crippen LogP contribution in [0.1, 0.15) is 49.5 Å². The number of benzene rings is 1. The molecule has 0 unspecified atom stereocenters. The lowest BCUT2D eigenvalue weighted by Gasteiger charge is -2.22. The first-order chi connectivity index (χ1) is 10.1. The van der Waals surface area contributed by atoms with Crippen LogP contribution >= 0.6 is 0 Å². The highest BCUT2D eigenvalue weighted by molar-refractivity contribution is 6.01. The highest BCUT2D eigenvalue weighted by atomic mass is 19.2. The standard InChI is InChI=1S/C17H16F2O2/c1-2-3-4-8-5-11-14(15(8)20)17-10-7-13(19)12(18)6-9(10)16(11)21-17/h5-7,11,14,16-17H,2-4H2,1H3/t11-,14-,16+,17-/m1/s1. The van der Waals surface area contributed by atoms with Crippen molar-refractivity contribution in [2.45, 2.75) is 38.4 Å². The molecule has 2 nitrogen and oxygen atoms in total. The van der Waals surface area contributed by atoms with Crippen molar-refractivity contribution in [3.8, 4) is 0 Å². The summed E-state index contributed by atoms with van der Waals surface area (Å²) in [6.45, 7) is 2.09. The molecule has 1 aromatic carbocycles. The first-order valence-electron chi connectivity index (χ1n) is 7.51. The molecule has 1 aromatic rings. The van der Waals surface area contributed by atoms with E-state index in [1.54, 1.807) is 0 Å². The van der Waals surface area contributed by atoms with Gasteiger partial charge in [-0.25, -0.2) is 8.78 Å². The third kappa shape index (κ3) is 1.68. The van der Waals surface area contributed by atoms with Crippen LogP contribution in [0.4, 0.5) is 8.78 Å². The minimum Gasteiger partial charge on any atom is -0.364 e. The Bertz CT molecular complexity index is 665. The first kappa shape index (κ1) is 13.1. The molecule has 0 spiro atoms. The third-order valence-corrected chi connectivity index (χ3v) is 4.94. The van der Waals surface area contributed by atoms with E-state index in [9.17, 15) is 13.6 Å². The Morgan fingerprint density at radius 1 is 1.14 bits per heavy atom. The fraction of sp³-hybridized carbons (Fsp3) is 0.471. The second-order valence-corrected chi connectivity index (χ2v) is 6.14. The van der Waals surface area contributed by atoms with Gasteiger partial charge in [0.05, 0.1) is 18.1 Å². The summed E-state index contributed by atoms with van der Waals surface area (Å²) in [5.74, 6) is -1.82. The molecule has 2 heterocycles. The van der Waals surface area contributed by atoms with Gasteiger partial charge in [-0.1, -0.05) is 19.4 Å². The van der Waals surface area contributed by atoms with E-state index in [2.05, 4.69) is 6.92 Å². The van der Waals surface area contributed by atoms with Gasteiger partial charge in [-0.05, 0) is 41.7 Å². The second kappa shape index (κ2) is 4.47. The summed E-state index contributed by atoms with van der Waals surface area (Å²) in [5.41, 5.74) is 2.23. The number of hydrogen-bond donors (Lipinski definition) is 0. The fourth-order valence-electron chi connectivity index (χ4n) is 3.95. The molecule has 0 aromatic heterocycles. The van der Waals surface area contributed by atoms with Crippen LogP contribution < -0.4 is 0 Å². The molecule has 0 saturated carbocycles.